The molecule has 3 nitrogen and oxygen atoms in total. The van der Waals surface area contributed by atoms with Gasteiger partial charge >= 0.3 is 5.97 Å². The van der Waals surface area contributed by atoms with E-state index in [1.165, 1.54) is 31.3 Å². The molecule has 0 aromatic rings. The fourth-order valence-corrected chi connectivity index (χ4v) is 3.79. The first-order chi connectivity index (χ1) is 11.1. The van der Waals surface area contributed by atoms with E-state index < -0.39 is 11.4 Å². The maximum atomic E-state index is 12.1. The van der Waals surface area contributed by atoms with Gasteiger partial charge in [0.05, 0.1) is 5.41 Å². The average molecular weight is 322 g/mol. The predicted octanol–water partition coefficient (Wildman–Crippen LogP) is 5.37. The molecule has 132 valence electrons. The van der Waals surface area contributed by atoms with Crippen molar-refractivity contribution in [2.24, 2.45) is 11.3 Å². The molecule has 0 saturated carbocycles. The van der Waals surface area contributed by atoms with E-state index in [4.69, 9.17) is 4.74 Å². The Morgan fingerprint density at radius 2 is 1.91 bits per heavy atom. The number of carboxylic acid groups (broad SMARTS) is 1. The Morgan fingerprint density at radius 1 is 1.22 bits per heavy atom. The fourth-order valence-electron chi connectivity index (χ4n) is 3.79. The van der Waals surface area contributed by atoms with Crippen molar-refractivity contribution in [3.63, 3.8) is 0 Å². The van der Waals surface area contributed by atoms with Crippen LogP contribution < -0.4 is 0 Å². The molecule has 0 heterocycles. The molecule has 0 aromatic heterocycles. The first kappa shape index (κ1) is 20.0. The highest BCUT2D eigenvalue weighted by Gasteiger charge is 2.44. The van der Waals surface area contributed by atoms with Gasteiger partial charge in [0.1, 0.15) is 0 Å². The van der Waals surface area contributed by atoms with Gasteiger partial charge in [-0.1, -0.05) is 76.2 Å². The lowest BCUT2D eigenvalue weighted by molar-refractivity contribution is -0.149. The number of ether oxygens (including phenoxy) is 1. The van der Waals surface area contributed by atoms with Crippen molar-refractivity contribution in [3.8, 4) is 0 Å². The van der Waals surface area contributed by atoms with Gasteiger partial charge in [-0.25, -0.2) is 0 Å². The molecule has 3 heteroatoms. The van der Waals surface area contributed by atoms with Gasteiger partial charge in [0, 0.05) is 13.7 Å². The van der Waals surface area contributed by atoms with Crippen molar-refractivity contribution in [2.75, 3.05) is 13.7 Å². The van der Waals surface area contributed by atoms with Crippen molar-refractivity contribution in [1.82, 2.24) is 0 Å². The van der Waals surface area contributed by atoms with Crippen molar-refractivity contribution in [3.05, 3.63) is 23.8 Å². The number of allylic oxidation sites excluding steroid dienone is 2. The SMILES string of the molecule is CCCCCCCCC1(C(=O)O)C=CC=C(CCOC)C1CC. The summed E-state index contributed by atoms with van der Waals surface area (Å²) in [6.45, 7) is 4.97. The minimum Gasteiger partial charge on any atom is -0.481 e. The Balaban J connectivity index is 2.72. The number of hydrogen-bond donors (Lipinski definition) is 1. The molecule has 0 radical (unpaired) electrons. The summed E-state index contributed by atoms with van der Waals surface area (Å²) in [5.41, 5.74) is 0.502. The van der Waals surface area contributed by atoms with Gasteiger partial charge in [-0.05, 0) is 25.2 Å². The summed E-state index contributed by atoms with van der Waals surface area (Å²) in [4.78, 5) is 12.1. The van der Waals surface area contributed by atoms with Gasteiger partial charge in [0.15, 0.2) is 0 Å². The Bertz CT molecular complexity index is 411. The first-order valence-electron chi connectivity index (χ1n) is 9.23. The van der Waals surface area contributed by atoms with E-state index in [1.807, 2.05) is 12.2 Å². The molecule has 23 heavy (non-hydrogen) atoms. The second-order valence-electron chi connectivity index (χ2n) is 6.67. The Morgan fingerprint density at radius 3 is 2.52 bits per heavy atom. The van der Waals surface area contributed by atoms with E-state index in [0.717, 1.165) is 32.1 Å². The monoisotopic (exact) mass is 322 g/mol. The minimum atomic E-state index is -0.725. The average Bonchev–Trinajstić information content (AvgIpc) is 2.55. The highest BCUT2D eigenvalue weighted by molar-refractivity contribution is 5.78. The largest absolute Gasteiger partial charge is 0.481 e. The lowest BCUT2D eigenvalue weighted by Crippen LogP contribution is -2.39. The van der Waals surface area contributed by atoms with Crippen LogP contribution in [0.3, 0.4) is 0 Å². The second-order valence-corrected chi connectivity index (χ2v) is 6.67. The van der Waals surface area contributed by atoms with Gasteiger partial charge < -0.3 is 9.84 Å². The number of unbranched alkanes of at least 4 members (excludes halogenated alkanes) is 5. The van der Waals surface area contributed by atoms with E-state index in [1.54, 1.807) is 7.11 Å². The van der Waals surface area contributed by atoms with Gasteiger partial charge in [-0.15, -0.1) is 0 Å². The van der Waals surface area contributed by atoms with Crippen LogP contribution in [-0.2, 0) is 9.53 Å². The number of carboxylic acids is 1. The highest BCUT2D eigenvalue weighted by atomic mass is 16.5. The fraction of sp³-hybridized carbons (Fsp3) is 0.750. The number of hydrogen-bond acceptors (Lipinski definition) is 2. The number of methoxy groups -OCH3 is 1. The standard InChI is InChI=1S/C20H34O3/c1-4-6-7-8-9-10-14-20(19(21)22)15-11-12-17(13-16-23-3)18(20)5-2/h11-12,15,18H,4-10,13-14,16H2,1-3H3,(H,21,22). The topological polar surface area (TPSA) is 46.5 Å². The maximum Gasteiger partial charge on any atom is 0.314 e. The van der Waals surface area contributed by atoms with Crippen LogP contribution >= 0.6 is 0 Å². The zero-order valence-corrected chi connectivity index (χ0v) is 15.1. The van der Waals surface area contributed by atoms with E-state index >= 15 is 0 Å². The van der Waals surface area contributed by atoms with E-state index in [9.17, 15) is 9.90 Å². The lowest BCUT2D eigenvalue weighted by Gasteiger charge is -2.38. The lowest BCUT2D eigenvalue weighted by atomic mass is 9.64. The van der Waals surface area contributed by atoms with Crippen LogP contribution in [0.4, 0.5) is 0 Å². The van der Waals surface area contributed by atoms with Gasteiger partial charge in [-0.2, -0.15) is 0 Å². The third-order valence-electron chi connectivity index (χ3n) is 5.12. The van der Waals surface area contributed by atoms with Crippen molar-refractivity contribution in [2.45, 2.75) is 71.6 Å². The molecular formula is C20H34O3. The molecule has 0 bridgehead atoms. The smallest absolute Gasteiger partial charge is 0.314 e. The molecule has 0 aliphatic heterocycles. The molecule has 0 aromatic carbocycles. The molecule has 0 fully saturated rings. The molecule has 0 spiro atoms. The zero-order valence-electron chi connectivity index (χ0n) is 15.1. The summed E-state index contributed by atoms with van der Waals surface area (Å²) in [5, 5.41) is 9.96. The summed E-state index contributed by atoms with van der Waals surface area (Å²) in [6.07, 6.45) is 15.5. The van der Waals surface area contributed by atoms with Gasteiger partial charge in [0.25, 0.3) is 0 Å². The quantitative estimate of drug-likeness (QED) is 0.491. The summed E-state index contributed by atoms with van der Waals surface area (Å²) < 4.78 is 5.19. The molecule has 1 N–H and O–H groups in total. The van der Waals surface area contributed by atoms with Gasteiger partial charge in [0.2, 0.25) is 0 Å². The van der Waals surface area contributed by atoms with Crippen LogP contribution in [0.15, 0.2) is 23.8 Å². The van der Waals surface area contributed by atoms with E-state index in [2.05, 4.69) is 19.9 Å². The molecule has 2 atom stereocenters. The molecular weight excluding hydrogens is 288 g/mol. The van der Waals surface area contributed by atoms with E-state index in [0.29, 0.717) is 6.61 Å². The number of carbonyl (C=O) groups is 1. The summed E-state index contributed by atoms with van der Waals surface area (Å²) in [6, 6.07) is 0. The highest BCUT2D eigenvalue weighted by Crippen LogP contribution is 2.45. The zero-order chi connectivity index (χ0) is 17.1. The predicted molar refractivity (Wildman–Crippen MR) is 95.6 cm³/mol. The van der Waals surface area contributed by atoms with Crippen LogP contribution in [0, 0.1) is 11.3 Å². The van der Waals surface area contributed by atoms with Crippen molar-refractivity contribution >= 4 is 5.97 Å². The molecule has 2 unspecified atom stereocenters. The third kappa shape index (κ3) is 5.49. The molecule has 1 aliphatic rings. The molecule has 1 aliphatic carbocycles. The third-order valence-corrected chi connectivity index (χ3v) is 5.12. The van der Waals surface area contributed by atoms with Crippen LogP contribution in [-0.4, -0.2) is 24.8 Å². The van der Waals surface area contributed by atoms with Crippen molar-refractivity contribution in [1.29, 1.82) is 0 Å². The van der Waals surface area contributed by atoms with Crippen LogP contribution in [0.5, 0.6) is 0 Å². The summed E-state index contributed by atoms with van der Waals surface area (Å²) in [5.74, 6) is -0.576. The molecule has 0 saturated heterocycles. The first-order valence-corrected chi connectivity index (χ1v) is 9.23. The summed E-state index contributed by atoms with van der Waals surface area (Å²) in [7, 11) is 1.70. The Kier molecular flexibility index (Phi) is 9.23. The van der Waals surface area contributed by atoms with E-state index in [-0.39, 0.29) is 5.92 Å². The number of aliphatic carboxylic acids is 1. The van der Waals surface area contributed by atoms with Crippen LogP contribution in [0.2, 0.25) is 0 Å². The van der Waals surface area contributed by atoms with Crippen LogP contribution in [0.1, 0.15) is 71.6 Å². The van der Waals surface area contributed by atoms with Crippen LogP contribution in [0.25, 0.3) is 0 Å². The van der Waals surface area contributed by atoms with Crippen molar-refractivity contribution < 1.29 is 14.6 Å². The Hall–Kier alpha value is -1.09. The second kappa shape index (κ2) is 10.6. The number of rotatable bonds is 12. The van der Waals surface area contributed by atoms with Gasteiger partial charge in [-0.3, -0.25) is 4.79 Å². The Labute approximate surface area is 141 Å². The summed E-state index contributed by atoms with van der Waals surface area (Å²) >= 11 is 0. The molecule has 0 amide bonds. The maximum absolute atomic E-state index is 12.1. The molecule has 1 rings (SSSR count). The minimum absolute atomic E-state index is 0.0933. The normalized spacial score (nSPS) is 23.8.